The number of hydrogen-bond donors (Lipinski definition) is 1. The van der Waals surface area contributed by atoms with Crippen molar-refractivity contribution in [3.8, 4) is 0 Å². The van der Waals surface area contributed by atoms with Crippen molar-refractivity contribution < 1.29 is 0 Å². The van der Waals surface area contributed by atoms with Gasteiger partial charge in [0.2, 0.25) is 0 Å². The number of likely N-dealkylation sites (N-methyl/N-ethyl adjacent to an activating group) is 1. The van der Waals surface area contributed by atoms with E-state index in [0.29, 0.717) is 6.04 Å². The average Bonchev–Trinajstić information content (AvgIpc) is 2.85. The average molecular weight is 314 g/mol. The van der Waals surface area contributed by atoms with Gasteiger partial charge in [0.1, 0.15) is 0 Å². The van der Waals surface area contributed by atoms with Crippen LogP contribution in [0.4, 0.5) is 0 Å². The molecule has 3 atom stereocenters. The van der Waals surface area contributed by atoms with Gasteiger partial charge >= 0.3 is 0 Å². The van der Waals surface area contributed by atoms with Gasteiger partial charge in [0, 0.05) is 35.1 Å². The van der Waals surface area contributed by atoms with Crippen LogP contribution < -0.4 is 0 Å². The van der Waals surface area contributed by atoms with Crippen molar-refractivity contribution in [3.05, 3.63) is 35.0 Å². The van der Waals surface area contributed by atoms with Crippen LogP contribution >= 0.6 is 11.8 Å². The molecule has 1 aliphatic heterocycles. The lowest BCUT2D eigenvalue weighted by Gasteiger charge is -2.47. The Labute approximate surface area is 137 Å². The minimum Gasteiger partial charge on any atom is -0.358 e. The Kier molecular flexibility index (Phi) is 3.74. The third-order valence-corrected chi connectivity index (χ3v) is 6.61. The Morgan fingerprint density at radius 3 is 3.00 bits per heavy atom. The van der Waals surface area contributed by atoms with Crippen molar-refractivity contribution in [1.82, 2.24) is 9.88 Å². The Morgan fingerprint density at radius 1 is 1.36 bits per heavy atom. The van der Waals surface area contributed by atoms with Gasteiger partial charge in [-0.3, -0.25) is 4.90 Å². The number of nitrogens with zero attached hydrogens (tertiary/aromatic N) is 1. The Balaban J connectivity index is 1.81. The summed E-state index contributed by atoms with van der Waals surface area (Å²) < 4.78 is 0. The van der Waals surface area contributed by atoms with Crippen molar-refractivity contribution in [2.75, 3.05) is 25.1 Å². The van der Waals surface area contributed by atoms with Gasteiger partial charge in [0.25, 0.3) is 0 Å². The van der Waals surface area contributed by atoms with Crippen LogP contribution in [0.25, 0.3) is 10.9 Å². The van der Waals surface area contributed by atoms with E-state index in [2.05, 4.69) is 48.2 Å². The van der Waals surface area contributed by atoms with Crippen molar-refractivity contribution in [2.24, 2.45) is 5.92 Å². The second kappa shape index (κ2) is 5.61. The standard InChI is InChI=1S/C19H26N2S/c1-4-21-10-13(11-22-3)8-16-14-6-5-7-17-19(14)15(9-18(16)21)12(2)20-17/h5-7,13,16,18,20H,4,8-11H2,1-3H3/t13?,16-,18-/m1/s1. The van der Waals surface area contributed by atoms with E-state index in [1.165, 1.54) is 42.9 Å². The molecule has 1 fully saturated rings. The van der Waals surface area contributed by atoms with E-state index >= 15 is 0 Å². The lowest BCUT2D eigenvalue weighted by Crippen LogP contribution is -2.50. The molecule has 0 bridgehead atoms. The predicted octanol–water partition coefficient (Wildman–Crippen LogP) is 4.19. The Hall–Kier alpha value is -0.930. The molecular formula is C19H26N2S. The summed E-state index contributed by atoms with van der Waals surface area (Å²) in [5, 5.41) is 1.54. The molecule has 1 unspecified atom stereocenters. The van der Waals surface area contributed by atoms with Gasteiger partial charge < -0.3 is 4.98 Å². The topological polar surface area (TPSA) is 19.0 Å². The molecule has 4 rings (SSSR count). The van der Waals surface area contributed by atoms with Crippen LogP contribution in [0.3, 0.4) is 0 Å². The number of rotatable bonds is 3. The van der Waals surface area contributed by atoms with Crippen LogP contribution in [-0.2, 0) is 6.42 Å². The van der Waals surface area contributed by atoms with Crippen molar-refractivity contribution >= 4 is 22.7 Å². The molecule has 22 heavy (non-hydrogen) atoms. The summed E-state index contributed by atoms with van der Waals surface area (Å²) >= 11 is 2.01. The van der Waals surface area contributed by atoms with Gasteiger partial charge in [-0.2, -0.15) is 11.8 Å². The zero-order valence-corrected chi connectivity index (χ0v) is 14.7. The van der Waals surface area contributed by atoms with E-state index in [9.17, 15) is 0 Å². The number of nitrogens with one attached hydrogen (secondary N) is 1. The molecule has 2 heterocycles. The normalized spacial score (nSPS) is 28.0. The molecule has 1 N–H and O–H groups in total. The summed E-state index contributed by atoms with van der Waals surface area (Å²) in [6, 6.07) is 7.59. The number of aromatic nitrogens is 1. The zero-order valence-electron chi connectivity index (χ0n) is 13.9. The first-order valence-corrected chi connectivity index (χ1v) is 9.95. The summed E-state index contributed by atoms with van der Waals surface area (Å²) in [5.74, 6) is 2.86. The highest BCUT2D eigenvalue weighted by Gasteiger charge is 2.40. The Bertz CT molecular complexity index is 690. The molecule has 1 aliphatic carbocycles. The smallest absolute Gasteiger partial charge is 0.0461 e. The molecule has 1 saturated heterocycles. The molecule has 0 spiro atoms. The highest BCUT2D eigenvalue weighted by Crippen LogP contribution is 2.45. The number of hydrogen-bond acceptors (Lipinski definition) is 2. The van der Waals surface area contributed by atoms with E-state index in [0.717, 1.165) is 11.8 Å². The fraction of sp³-hybridized carbons (Fsp3) is 0.579. The third-order valence-electron chi connectivity index (χ3n) is 5.81. The number of piperidine rings is 1. The lowest BCUT2D eigenvalue weighted by molar-refractivity contribution is 0.0983. The molecule has 2 aromatic rings. The largest absolute Gasteiger partial charge is 0.358 e. The third kappa shape index (κ3) is 2.13. The SMILES string of the molecule is CCN1CC(CSC)C[C@@H]2c3cccc4[nH]c(C)c(c34)C[C@H]21. The first-order chi connectivity index (χ1) is 10.7. The summed E-state index contributed by atoms with van der Waals surface area (Å²) in [6.07, 6.45) is 4.84. The first kappa shape index (κ1) is 14.6. The second-order valence-corrected chi connectivity index (χ2v) is 7.93. The fourth-order valence-electron chi connectivity index (χ4n) is 4.89. The molecule has 1 aromatic heterocycles. The molecule has 1 aromatic carbocycles. The fourth-order valence-corrected chi connectivity index (χ4v) is 5.60. The molecule has 3 heteroatoms. The van der Waals surface area contributed by atoms with E-state index in [-0.39, 0.29) is 0 Å². The van der Waals surface area contributed by atoms with Gasteiger partial charge in [0.15, 0.2) is 0 Å². The maximum atomic E-state index is 3.62. The molecular weight excluding hydrogens is 288 g/mol. The van der Waals surface area contributed by atoms with Crippen molar-refractivity contribution in [2.45, 2.75) is 38.6 Å². The van der Waals surface area contributed by atoms with Gasteiger partial charge in [-0.15, -0.1) is 0 Å². The van der Waals surface area contributed by atoms with E-state index < -0.39 is 0 Å². The maximum Gasteiger partial charge on any atom is 0.0461 e. The van der Waals surface area contributed by atoms with Crippen LogP contribution in [0.1, 0.15) is 36.1 Å². The van der Waals surface area contributed by atoms with Crippen LogP contribution in [0, 0.1) is 12.8 Å². The minimum atomic E-state index is 0.704. The van der Waals surface area contributed by atoms with Crippen molar-refractivity contribution in [1.29, 1.82) is 0 Å². The quantitative estimate of drug-likeness (QED) is 0.916. The first-order valence-electron chi connectivity index (χ1n) is 8.56. The monoisotopic (exact) mass is 314 g/mol. The van der Waals surface area contributed by atoms with Gasteiger partial charge in [-0.25, -0.2) is 0 Å². The van der Waals surface area contributed by atoms with Crippen LogP contribution in [0.2, 0.25) is 0 Å². The van der Waals surface area contributed by atoms with Crippen molar-refractivity contribution in [3.63, 3.8) is 0 Å². The number of aryl methyl sites for hydroxylation is 1. The predicted molar refractivity (Wildman–Crippen MR) is 97.0 cm³/mol. The number of H-pyrrole nitrogens is 1. The second-order valence-electron chi connectivity index (χ2n) is 7.02. The molecule has 0 radical (unpaired) electrons. The molecule has 2 nitrogen and oxygen atoms in total. The molecule has 2 aliphatic rings. The van der Waals surface area contributed by atoms with Crippen LogP contribution in [0.15, 0.2) is 18.2 Å². The number of thioether (sulfide) groups is 1. The molecule has 0 amide bonds. The van der Waals surface area contributed by atoms with Gasteiger partial charge in [0.05, 0.1) is 0 Å². The highest BCUT2D eigenvalue weighted by atomic mass is 32.2. The minimum absolute atomic E-state index is 0.704. The number of aromatic amines is 1. The number of benzene rings is 1. The molecule has 0 saturated carbocycles. The van der Waals surface area contributed by atoms with Gasteiger partial charge in [-0.1, -0.05) is 19.1 Å². The highest BCUT2D eigenvalue weighted by molar-refractivity contribution is 7.98. The lowest BCUT2D eigenvalue weighted by atomic mass is 9.72. The number of likely N-dealkylation sites (tertiary alicyclic amines) is 1. The zero-order chi connectivity index (χ0) is 15.3. The van der Waals surface area contributed by atoms with Crippen LogP contribution in [-0.4, -0.2) is 41.0 Å². The van der Waals surface area contributed by atoms with E-state index in [4.69, 9.17) is 0 Å². The van der Waals surface area contributed by atoms with E-state index in [1.807, 2.05) is 11.8 Å². The summed E-state index contributed by atoms with van der Waals surface area (Å²) in [6.45, 7) is 7.04. The summed E-state index contributed by atoms with van der Waals surface area (Å²) in [5.41, 5.74) is 5.91. The summed E-state index contributed by atoms with van der Waals surface area (Å²) in [4.78, 5) is 6.37. The maximum absolute atomic E-state index is 3.62. The van der Waals surface area contributed by atoms with Gasteiger partial charge in [-0.05, 0) is 61.4 Å². The number of fused-ring (bicyclic) bond motifs is 2. The van der Waals surface area contributed by atoms with Crippen LogP contribution in [0.5, 0.6) is 0 Å². The van der Waals surface area contributed by atoms with E-state index in [1.54, 1.807) is 16.5 Å². The Morgan fingerprint density at radius 2 is 2.23 bits per heavy atom. The molecule has 118 valence electrons. The summed E-state index contributed by atoms with van der Waals surface area (Å²) in [7, 11) is 0.